The summed E-state index contributed by atoms with van der Waals surface area (Å²) in [4.78, 5) is 46.5. The predicted octanol–water partition coefficient (Wildman–Crippen LogP) is 3.53. The number of urea groups is 1. The molecule has 0 spiro atoms. The highest BCUT2D eigenvalue weighted by Gasteiger charge is 2.16. The van der Waals surface area contributed by atoms with Crippen molar-refractivity contribution in [2.24, 2.45) is 0 Å². The quantitative estimate of drug-likeness (QED) is 0.360. The lowest BCUT2D eigenvalue weighted by molar-refractivity contribution is -0.117. The maximum atomic E-state index is 13.2. The van der Waals surface area contributed by atoms with Crippen molar-refractivity contribution in [1.29, 1.82) is 0 Å². The minimum Gasteiger partial charge on any atom is -0.308 e. The third kappa shape index (κ3) is 4.84. The molecule has 0 bridgehead atoms. The van der Waals surface area contributed by atoms with Crippen LogP contribution >= 0.6 is 11.8 Å². The van der Waals surface area contributed by atoms with E-state index in [2.05, 4.69) is 20.6 Å². The van der Waals surface area contributed by atoms with Crippen molar-refractivity contribution in [3.63, 3.8) is 0 Å². The summed E-state index contributed by atoms with van der Waals surface area (Å²) in [6.07, 6.45) is 1.66. The maximum absolute atomic E-state index is 13.2. The summed E-state index contributed by atoms with van der Waals surface area (Å²) < 4.78 is 1.38. The van der Waals surface area contributed by atoms with E-state index >= 15 is 0 Å². The molecular weight excluding hydrogens is 426 g/mol. The average Bonchev–Trinajstić information content (AvgIpc) is 2.79. The Labute approximate surface area is 187 Å². The second-order valence-electron chi connectivity index (χ2n) is 6.90. The van der Waals surface area contributed by atoms with Gasteiger partial charge in [0.1, 0.15) is 5.82 Å². The molecule has 2 N–H and O–H groups in total. The van der Waals surface area contributed by atoms with Crippen molar-refractivity contribution in [1.82, 2.24) is 19.9 Å². The van der Waals surface area contributed by atoms with E-state index in [1.165, 1.54) is 4.57 Å². The first-order valence-corrected chi connectivity index (χ1v) is 10.7. The molecule has 0 saturated heterocycles. The Bertz CT molecular complexity index is 1340. The number of nitrogens with one attached hydrogen (secondary N) is 2. The minimum atomic E-state index is -0.633. The topological polar surface area (TPSA) is 106 Å². The Morgan fingerprint density at radius 1 is 1.00 bits per heavy atom. The van der Waals surface area contributed by atoms with Gasteiger partial charge in [-0.05, 0) is 42.8 Å². The average molecular weight is 446 g/mol. The standard InChI is InChI=1S/C23H19N5O3S/c1-15-11-12-19(24-13-15)28-21(30)17-9-5-6-10-18(17)26-23(28)32-14-20(29)27-22(31)25-16-7-3-2-4-8-16/h2-13H,14H2,1H3,(H2,25,27,29,31). The largest absolute Gasteiger partial charge is 0.325 e. The smallest absolute Gasteiger partial charge is 0.308 e. The molecule has 0 aliphatic carbocycles. The number of nitrogens with zero attached hydrogens (tertiary/aromatic N) is 3. The predicted molar refractivity (Wildman–Crippen MR) is 124 cm³/mol. The molecule has 0 atom stereocenters. The highest BCUT2D eigenvalue weighted by molar-refractivity contribution is 7.99. The molecule has 0 fully saturated rings. The molecule has 0 radical (unpaired) electrons. The molecule has 4 rings (SSSR count). The van der Waals surface area contributed by atoms with Gasteiger partial charge in [-0.25, -0.2) is 19.3 Å². The Kier molecular flexibility index (Phi) is 6.27. The zero-order valence-corrected chi connectivity index (χ0v) is 17.9. The van der Waals surface area contributed by atoms with E-state index in [9.17, 15) is 14.4 Å². The molecule has 0 aliphatic heterocycles. The number of aryl methyl sites for hydroxylation is 1. The number of hydrogen-bond donors (Lipinski definition) is 2. The first-order chi connectivity index (χ1) is 15.5. The Morgan fingerprint density at radius 3 is 2.50 bits per heavy atom. The zero-order valence-electron chi connectivity index (χ0n) is 17.1. The fourth-order valence-corrected chi connectivity index (χ4v) is 3.78. The molecule has 2 aromatic carbocycles. The second kappa shape index (κ2) is 9.44. The van der Waals surface area contributed by atoms with Crippen LogP contribution in [0, 0.1) is 6.92 Å². The molecule has 2 heterocycles. The van der Waals surface area contributed by atoms with Crippen LogP contribution in [0.1, 0.15) is 5.56 Å². The van der Waals surface area contributed by atoms with Gasteiger partial charge in [-0.15, -0.1) is 0 Å². The SMILES string of the molecule is Cc1ccc(-n2c(SCC(=O)NC(=O)Nc3ccccc3)nc3ccccc3c2=O)nc1. The molecule has 2 aromatic heterocycles. The van der Waals surface area contributed by atoms with Crippen molar-refractivity contribution in [2.75, 3.05) is 11.1 Å². The first kappa shape index (κ1) is 21.3. The van der Waals surface area contributed by atoms with Crippen LogP contribution < -0.4 is 16.2 Å². The summed E-state index contributed by atoms with van der Waals surface area (Å²) in [6, 6.07) is 18.7. The monoisotopic (exact) mass is 445 g/mol. The van der Waals surface area contributed by atoms with Crippen molar-refractivity contribution < 1.29 is 9.59 Å². The molecule has 160 valence electrons. The van der Waals surface area contributed by atoms with Crippen molar-refractivity contribution in [3.05, 3.63) is 88.8 Å². The van der Waals surface area contributed by atoms with Gasteiger partial charge in [-0.2, -0.15) is 0 Å². The Hall–Kier alpha value is -3.98. The molecule has 3 amide bonds. The number of amides is 3. The van der Waals surface area contributed by atoms with Crippen molar-refractivity contribution >= 4 is 40.3 Å². The van der Waals surface area contributed by atoms with Crippen LogP contribution in [0.3, 0.4) is 0 Å². The molecule has 0 unspecified atom stereocenters. The van der Waals surface area contributed by atoms with Crippen LogP contribution in [0.4, 0.5) is 10.5 Å². The minimum absolute atomic E-state index is 0.112. The van der Waals surface area contributed by atoms with E-state index in [1.54, 1.807) is 60.8 Å². The van der Waals surface area contributed by atoms with Crippen LogP contribution in [0.2, 0.25) is 0 Å². The van der Waals surface area contributed by atoms with Crippen LogP contribution in [-0.4, -0.2) is 32.2 Å². The third-order valence-corrected chi connectivity index (χ3v) is 5.43. The third-order valence-electron chi connectivity index (χ3n) is 4.49. The van der Waals surface area contributed by atoms with Crippen molar-refractivity contribution in [2.45, 2.75) is 12.1 Å². The number of fused-ring (bicyclic) bond motifs is 1. The molecule has 0 saturated carbocycles. The normalized spacial score (nSPS) is 10.7. The van der Waals surface area contributed by atoms with Gasteiger partial charge in [0, 0.05) is 11.9 Å². The van der Waals surface area contributed by atoms with E-state index < -0.39 is 11.9 Å². The van der Waals surface area contributed by atoms with Crippen LogP contribution in [0.15, 0.2) is 82.9 Å². The van der Waals surface area contributed by atoms with E-state index in [0.717, 1.165) is 17.3 Å². The summed E-state index contributed by atoms with van der Waals surface area (Å²) >= 11 is 1.05. The van der Waals surface area contributed by atoms with Gasteiger partial charge >= 0.3 is 6.03 Å². The van der Waals surface area contributed by atoms with Crippen LogP contribution in [-0.2, 0) is 4.79 Å². The highest BCUT2D eigenvalue weighted by Crippen LogP contribution is 2.20. The zero-order chi connectivity index (χ0) is 22.5. The molecule has 0 aliphatic rings. The van der Waals surface area contributed by atoms with Crippen molar-refractivity contribution in [3.8, 4) is 5.82 Å². The van der Waals surface area contributed by atoms with Gasteiger partial charge in [-0.1, -0.05) is 48.2 Å². The number of thioether (sulfide) groups is 1. The number of carbonyl (C=O) groups excluding carboxylic acids is 2. The summed E-state index contributed by atoms with van der Waals surface area (Å²) in [5.41, 5.74) is 1.76. The number of aromatic nitrogens is 3. The molecular formula is C23H19N5O3S. The van der Waals surface area contributed by atoms with Gasteiger partial charge in [0.2, 0.25) is 5.91 Å². The second-order valence-corrected chi connectivity index (χ2v) is 7.85. The Morgan fingerprint density at radius 2 is 1.75 bits per heavy atom. The lowest BCUT2D eigenvalue weighted by atomic mass is 10.2. The van der Waals surface area contributed by atoms with E-state index in [0.29, 0.717) is 27.6 Å². The van der Waals surface area contributed by atoms with E-state index in [1.807, 2.05) is 19.1 Å². The first-order valence-electron chi connectivity index (χ1n) is 9.75. The number of rotatable bonds is 5. The summed E-state index contributed by atoms with van der Waals surface area (Å²) in [5.74, 6) is -0.225. The number of pyridine rings is 1. The maximum Gasteiger partial charge on any atom is 0.325 e. The fraction of sp³-hybridized carbons (Fsp3) is 0.0870. The summed E-state index contributed by atoms with van der Waals surface area (Å²) in [5, 5.41) is 5.62. The summed E-state index contributed by atoms with van der Waals surface area (Å²) in [6.45, 7) is 1.90. The lowest BCUT2D eigenvalue weighted by Gasteiger charge is -2.12. The summed E-state index contributed by atoms with van der Waals surface area (Å²) in [7, 11) is 0. The van der Waals surface area contributed by atoms with Gasteiger partial charge < -0.3 is 5.32 Å². The number of anilines is 1. The number of imide groups is 1. The number of para-hydroxylation sites is 2. The van der Waals surface area contributed by atoms with Gasteiger partial charge in [-0.3, -0.25) is 14.9 Å². The van der Waals surface area contributed by atoms with Gasteiger partial charge in [0.05, 0.1) is 16.7 Å². The number of carbonyl (C=O) groups is 2. The number of benzene rings is 2. The molecule has 4 aromatic rings. The van der Waals surface area contributed by atoms with Crippen LogP contribution in [0.5, 0.6) is 0 Å². The van der Waals surface area contributed by atoms with Gasteiger partial charge in [0.15, 0.2) is 5.16 Å². The van der Waals surface area contributed by atoms with E-state index in [-0.39, 0.29) is 11.3 Å². The van der Waals surface area contributed by atoms with E-state index in [4.69, 9.17) is 0 Å². The molecule has 8 nitrogen and oxygen atoms in total. The fourth-order valence-electron chi connectivity index (χ4n) is 2.98. The highest BCUT2D eigenvalue weighted by atomic mass is 32.2. The molecule has 32 heavy (non-hydrogen) atoms. The Balaban J connectivity index is 1.56. The van der Waals surface area contributed by atoms with Crippen LogP contribution in [0.25, 0.3) is 16.7 Å². The molecule has 9 heteroatoms. The lowest BCUT2D eigenvalue weighted by Crippen LogP contribution is -2.35. The van der Waals surface area contributed by atoms with Gasteiger partial charge in [0.25, 0.3) is 5.56 Å². The number of hydrogen-bond acceptors (Lipinski definition) is 6.